The molecule has 0 aliphatic carbocycles. The van der Waals surface area contributed by atoms with Crippen LogP contribution in [0.1, 0.15) is 6.92 Å². The zero-order valence-electron chi connectivity index (χ0n) is 6.57. The number of hydrogen-bond acceptors (Lipinski definition) is 3. The van der Waals surface area contributed by atoms with Gasteiger partial charge in [0, 0.05) is 18.0 Å². The fraction of sp³-hybridized carbons (Fsp3) is 0.571. The summed E-state index contributed by atoms with van der Waals surface area (Å²) in [5.41, 5.74) is 0. The van der Waals surface area contributed by atoms with Crippen molar-refractivity contribution >= 4 is 17.7 Å². The minimum absolute atomic E-state index is 0.117. The second-order valence-electron chi connectivity index (χ2n) is 2.30. The summed E-state index contributed by atoms with van der Waals surface area (Å²) in [6, 6.07) is 0. The van der Waals surface area contributed by atoms with Gasteiger partial charge in [-0.1, -0.05) is 6.92 Å². The Kier molecular flexibility index (Phi) is 2.57. The molecule has 1 aliphatic heterocycles. The highest BCUT2D eigenvalue weighted by Gasteiger charge is 2.27. The van der Waals surface area contributed by atoms with Crippen LogP contribution in [0.5, 0.6) is 0 Å². The number of carbonyl (C=O) groups is 1. The predicted octanol–water partition coefficient (Wildman–Crippen LogP) is 0.414. The maximum absolute atomic E-state index is 10.9. The van der Waals surface area contributed by atoms with E-state index in [0.29, 0.717) is 0 Å². The van der Waals surface area contributed by atoms with Gasteiger partial charge in [-0.2, -0.15) is 0 Å². The fourth-order valence-corrected chi connectivity index (χ4v) is 1.72. The molecule has 62 valence electrons. The van der Waals surface area contributed by atoms with Crippen molar-refractivity contribution in [1.82, 2.24) is 4.90 Å². The van der Waals surface area contributed by atoms with Crippen molar-refractivity contribution < 1.29 is 9.90 Å². The summed E-state index contributed by atoms with van der Waals surface area (Å²) in [6.07, 6.45) is 0.770. The van der Waals surface area contributed by atoms with Crippen LogP contribution in [-0.2, 0) is 4.79 Å². The van der Waals surface area contributed by atoms with Gasteiger partial charge in [0.25, 0.3) is 0 Å². The SMILES string of the molecule is CCSC1=CC(=O)N(C)C1O. The minimum Gasteiger partial charge on any atom is -0.369 e. The molecule has 0 fully saturated rings. The second kappa shape index (κ2) is 3.28. The predicted molar refractivity (Wildman–Crippen MR) is 45.0 cm³/mol. The number of rotatable bonds is 2. The number of hydrogen-bond donors (Lipinski definition) is 1. The number of amides is 1. The number of thioether (sulfide) groups is 1. The van der Waals surface area contributed by atoms with E-state index in [1.165, 1.54) is 22.7 Å². The highest BCUT2D eigenvalue weighted by molar-refractivity contribution is 8.03. The Balaban J connectivity index is 2.67. The Morgan fingerprint density at radius 3 is 2.82 bits per heavy atom. The zero-order valence-corrected chi connectivity index (χ0v) is 7.39. The molecule has 4 heteroatoms. The molecule has 0 aromatic carbocycles. The average molecular weight is 173 g/mol. The number of likely N-dealkylation sites (N-methyl/N-ethyl adjacent to an activating group) is 1. The van der Waals surface area contributed by atoms with E-state index < -0.39 is 6.23 Å². The van der Waals surface area contributed by atoms with E-state index in [4.69, 9.17) is 0 Å². The van der Waals surface area contributed by atoms with Crippen LogP contribution in [0.2, 0.25) is 0 Å². The maximum atomic E-state index is 10.9. The molecule has 1 N–H and O–H groups in total. The molecule has 0 saturated heterocycles. The zero-order chi connectivity index (χ0) is 8.43. The molecule has 0 spiro atoms. The van der Waals surface area contributed by atoms with Crippen molar-refractivity contribution in [2.24, 2.45) is 0 Å². The first kappa shape index (κ1) is 8.62. The highest BCUT2D eigenvalue weighted by atomic mass is 32.2. The van der Waals surface area contributed by atoms with Gasteiger partial charge in [0.05, 0.1) is 0 Å². The average Bonchev–Trinajstić information content (AvgIpc) is 2.19. The van der Waals surface area contributed by atoms with E-state index in [0.717, 1.165) is 10.7 Å². The van der Waals surface area contributed by atoms with Crippen molar-refractivity contribution in [3.05, 3.63) is 11.0 Å². The van der Waals surface area contributed by atoms with Crippen molar-refractivity contribution in [3.63, 3.8) is 0 Å². The molecule has 0 bridgehead atoms. The van der Waals surface area contributed by atoms with Crippen molar-refractivity contribution in [2.75, 3.05) is 12.8 Å². The van der Waals surface area contributed by atoms with E-state index in [1.54, 1.807) is 7.05 Å². The van der Waals surface area contributed by atoms with Crippen LogP contribution in [0.15, 0.2) is 11.0 Å². The molecule has 1 rings (SSSR count). The third-order valence-electron chi connectivity index (χ3n) is 1.55. The standard InChI is InChI=1S/C7H11NO2S/c1-3-11-5-4-6(9)8(2)7(5)10/h4,7,10H,3H2,1-2H3. The summed E-state index contributed by atoms with van der Waals surface area (Å²) in [7, 11) is 1.59. The van der Waals surface area contributed by atoms with Gasteiger partial charge in [-0.15, -0.1) is 11.8 Å². The molecule has 0 saturated carbocycles. The normalized spacial score (nSPS) is 24.3. The lowest BCUT2D eigenvalue weighted by Crippen LogP contribution is -2.30. The molecule has 1 amide bonds. The van der Waals surface area contributed by atoms with Crippen LogP contribution in [0.4, 0.5) is 0 Å². The van der Waals surface area contributed by atoms with Crippen LogP contribution < -0.4 is 0 Å². The maximum Gasteiger partial charge on any atom is 0.249 e. The molecular weight excluding hydrogens is 162 g/mol. The summed E-state index contributed by atoms with van der Waals surface area (Å²) >= 11 is 1.50. The number of aliphatic hydroxyl groups excluding tert-OH is 1. The summed E-state index contributed by atoms with van der Waals surface area (Å²) in [6.45, 7) is 1.99. The van der Waals surface area contributed by atoms with Crippen molar-refractivity contribution in [3.8, 4) is 0 Å². The molecule has 0 aromatic rings. The van der Waals surface area contributed by atoms with E-state index in [1.807, 2.05) is 6.92 Å². The fourth-order valence-electron chi connectivity index (χ4n) is 0.892. The lowest BCUT2D eigenvalue weighted by Gasteiger charge is -2.16. The Hall–Kier alpha value is -0.480. The molecule has 1 heterocycles. The first-order valence-electron chi connectivity index (χ1n) is 3.46. The highest BCUT2D eigenvalue weighted by Crippen LogP contribution is 2.25. The third kappa shape index (κ3) is 1.57. The largest absolute Gasteiger partial charge is 0.369 e. The van der Waals surface area contributed by atoms with E-state index in [-0.39, 0.29) is 5.91 Å². The summed E-state index contributed by atoms with van der Waals surface area (Å²) < 4.78 is 0. The molecule has 1 atom stereocenters. The molecule has 0 aromatic heterocycles. The lowest BCUT2D eigenvalue weighted by molar-refractivity contribution is -0.128. The Bertz CT molecular complexity index is 203. The Labute approximate surface area is 70.1 Å². The van der Waals surface area contributed by atoms with E-state index >= 15 is 0 Å². The van der Waals surface area contributed by atoms with Crippen LogP contribution in [0.25, 0.3) is 0 Å². The van der Waals surface area contributed by atoms with Gasteiger partial charge in [0.15, 0.2) is 6.23 Å². The van der Waals surface area contributed by atoms with Crippen LogP contribution in [0, 0.1) is 0 Å². The molecule has 0 radical (unpaired) electrons. The van der Waals surface area contributed by atoms with Gasteiger partial charge in [-0.05, 0) is 5.75 Å². The Morgan fingerprint density at radius 2 is 2.45 bits per heavy atom. The van der Waals surface area contributed by atoms with E-state index in [9.17, 15) is 9.90 Å². The quantitative estimate of drug-likeness (QED) is 0.657. The molecule has 3 nitrogen and oxygen atoms in total. The van der Waals surface area contributed by atoms with Gasteiger partial charge in [-0.25, -0.2) is 0 Å². The van der Waals surface area contributed by atoms with E-state index in [2.05, 4.69) is 0 Å². The molecular formula is C7H11NO2S. The van der Waals surface area contributed by atoms with Gasteiger partial charge in [0.1, 0.15) is 0 Å². The topological polar surface area (TPSA) is 40.5 Å². The molecule has 1 unspecified atom stereocenters. The number of nitrogens with zero attached hydrogens (tertiary/aromatic N) is 1. The van der Waals surface area contributed by atoms with Crippen LogP contribution in [-0.4, -0.2) is 34.9 Å². The van der Waals surface area contributed by atoms with Crippen molar-refractivity contribution in [1.29, 1.82) is 0 Å². The molecule has 1 aliphatic rings. The first-order chi connectivity index (χ1) is 5.16. The summed E-state index contributed by atoms with van der Waals surface area (Å²) in [5.74, 6) is 0.762. The third-order valence-corrected chi connectivity index (χ3v) is 2.50. The van der Waals surface area contributed by atoms with Crippen LogP contribution in [0.3, 0.4) is 0 Å². The minimum atomic E-state index is -0.715. The smallest absolute Gasteiger partial charge is 0.249 e. The van der Waals surface area contributed by atoms with Gasteiger partial charge in [-0.3, -0.25) is 4.79 Å². The number of carbonyl (C=O) groups excluding carboxylic acids is 1. The lowest BCUT2D eigenvalue weighted by atomic mass is 10.5. The monoisotopic (exact) mass is 173 g/mol. The first-order valence-corrected chi connectivity index (χ1v) is 4.44. The summed E-state index contributed by atoms with van der Waals surface area (Å²) in [4.78, 5) is 13.0. The van der Waals surface area contributed by atoms with Gasteiger partial charge in [0.2, 0.25) is 5.91 Å². The van der Waals surface area contributed by atoms with Gasteiger partial charge < -0.3 is 10.0 Å². The second-order valence-corrected chi connectivity index (χ2v) is 3.64. The van der Waals surface area contributed by atoms with Crippen LogP contribution >= 0.6 is 11.8 Å². The summed E-state index contributed by atoms with van der Waals surface area (Å²) in [5, 5.41) is 9.37. The Morgan fingerprint density at radius 1 is 1.82 bits per heavy atom. The van der Waals surface area contributed by atoms with Gasteiger partial charge >= 0.3 is 0 Å². The molecule has 11 heavy (non-hydrogen) atoms. The number of aliphatic hydroxyl groups is 1. The van der Waals surface area contributed by atoms with Crippen molar-refractivity contribution in [2.45, 2.75) is 13.2 Å².